The lowest BCUT2D eigenvalue weighted by atomic mass is 10.1. The molecule has 1 fully saturated rings. The van der Waals surface area contributed by atoms with Crippen molar-refractivity contribution < 1.29 is 22.7 Å². The standard InChI is InChI=1S/C21H24N4O5S/c1-29-17-8-9-18(31(23,27)28)20(30-2)19(17)21(26)25-11-10-24(16(12-22)14-25)13-15-6-4-3-5-7-15/h3-9,16H,10-11,13-14H2,1-2H3,(H2,23,27,28)/t16-/m0/s1. The molecule has 0 unspecified atom stereocenters. The molecule has 2 N–H and O–H groups in total. The molecule has 31 heavy (non-hydrogen) atoms. The summed E-state index contributed by atoms with van der Waals surface area (Å²) in [6, 6.07) is 14.1. The first kappa shape index (κ1) is 22.6. The minimum atomic E-state index is -4.13. The average Bonchev–Trinajstić information content (AvgIpc) is 2.77. The Bertz CT molecular complexity index is 1100. The first-order chi connectivity index (χ1) is 14.8. The van der Waals surface area contributed by atoms with Crippen molar-refractivity contribution >= 4 is 15.9 Å². The molecule has 0 spiro atoms. The topological polar surface area (TPSA) is 126 Å². The summed E-state index contributed by atoms with van der Waals surface area (Å²) < 4.78 is 34.5. The molecular formula is C21H24N4O5S. The molecule has 0 aliphatic carbocycles. The molecule has 1 amide bonds. The van der Waals surface area contributed by atoms with Crippen molar-refractivity contribution in [2.75, 3.05) is 33.9 Å². The lowest BCUT2D eigenvalue weighted by Crippen LogP contribution is -2.53. The van der Waals surface area contributed by atoms with Crippen molar-refractivity contribution in [2.45, 2.75) is 17.5 Å². The van der Waals surface area contributed by atoms with E-state index >= 15 is 0 Å². The van der Waals surface area contributed by atoms with E-state index in [0.717, 1.165) is 5.56 Å². The number of amides is 1. The van der Waals surface area contributed by atoms with Crippen LogP contribution in [0.25, 0.3) is 0 Å². The van der Waals surface area contributed by atoms with Crippen LogP contribution in [-0.4, -0.2) is 64.0 Å². The molecular weight excluding hydrogens is 420 g/mol. The van der Waals surface area contributed by atoms with Gasteiger partial charge in [0, 0.05) is 26.2 Å². The van der Waals surface area contributed by atoms with Crippen LogP contribution >= 0.6 is 0 Å². The first-order valence-electron chi connectivity index (χ1n) is 9.54. The summed E-state index contributed by atoms with van der Waals surface area (Å²) in [5, 5.41) is 15.0. The first-order valence-corrected chi connectivity index (χ1v) is 11.1. The fourth-order valence-electron chi connectivity index (χ4n) is 3.64. The van der Waals surface area contributed by atoms with Gasteiger partial charge in [-0.25, -0.2) is 13.6 Å². The van der Waals surface area contributed by atoms with E-state index in [1.165, 1.54) is 31.3 Å². The fraction of sp³-hybridized carbons (Fsp3) is 0.333. The maximum absolute atomic E-state index is 13.4. The number of hydrogen-bond acceptors (Lipinski definition) is 7. The van der Waals surface area contributed by atoms with E-state index < -0.39 is 22.0 Å². The minimum Gasteiger partial charge on any atom is -0.496 e. The van der Waals surface area contributed by atoms with E-state index in [4.69, 9.17) is 14.6 Å². The highest BCUT2D eigenvalue weighted by Gasteiger charge is 2.34. The third-order valence-corrected chi connectivity index (χ3v) is 6.12. The van der Waals surface area contributed by atoms with Gasteiger partial charge in [-0.1, -0.05) is 30.3 Å². The minimum absolute atomic E-state index is 0.0373. The summed E-state index contributed by atoms with van der Waals surface area (Å²) >= 11 is 0. The Labute approximate surface area is 181 Å². The van der Waals surface area contributed by atoms with Crippen molar-refractivity contribution in [3.63, 3.8) is 0 Å². The largest absolute Gasteiger partial charge is 0.496 e. The van der Waals surface area contributed by atoms with E-state index in [-0.39, 0.29) is 28.5 Å². The zero-order valence-corrected chi connectivity index (χ0v) is 18.1. The normalized spacial score (nSPS) is 17.1. The summed E-state index contributed by atoms with van der Waals surface area (Å²) in [6.45, 7) is 1.59. The molecule has 10 heteroatoms. The van der Waals surface area contributed by atoms with E-state index in [1.807, 2.05) is 35.2 Å². The van der Waals surface area contributed by atoms with Crippen LogP contribution in [0.15, 0.2) is 47.4 Å². The third-order valence-electron chi connectivity index (χ3n) is 5.18. The van der Waals surface area contributed by atoms with Gasteiger partial charge in [0.2, 0.25) is 10.0 Å². The number of sulfonamides is 1. The number of nitrogens with zero attached hydrogens (tertiary/aromatic N) is 3. The number of rotatable bonds is 6. The summed E-state index contributed by atoms with van der Waals surface area (Å²) in [7, 11) is -1.49. The van der Waals surface area contributed by atoms with Crippen LogP contribution in [0.4, 0.5) is 0 Å². The lowest BCUT2D eigenvalue weighted by molar-refractivity contribution is 0.0545. The maximum Gasteiger partial charge on any atom is 0.261 e. The molecule has 3 rings (SSSR count). The van der Waals surface area contributed by atoms with Gasteiger partial charge in [0.05, 0.1) is 20.3 Å². The molecule has 1 heterocycles. The molecule has 2 aromatic carbocycles. The Hall–Kier alpha value is -3.13. The van der Waals surface area contributed by atoms with Crippen LogP contribution in [0.1, 0.15) is 15.9 Å². The number of primary sulfonamides is 1. The van der Waals surface area contributed by atoms with Crippen LogP contribution in [0.2, 0.25) is 0 Å². The molecule has 1 aliphatic heterocycles. The second kappa shape index (κ2) is 9.34. The van der Waals surface area contributed by atoms with Gasteiger partial charge in [-0.3, -0.25) is 9.69 Å². The number of piperazine rings is 1. The Balaban J connectivity index is 1.89. The molecule has 0 aromatic heterocycles. The van der Waals surface area contributed by atoms with E-state index in [0.29, 0.717) is 19.6 Å². The number of nitrogens with two attached hydrogens (primary N) is 1. The zero-order valence-electron chi connectivity index (χ0n) is 17.3. The molecule has 0 radical (unpaired) electrons. The van der Waals surface area contributed by atoms with Crippen molar-refractivity contribution in [1.82, 2.24) is 9.80 Å². The fourth-order valence-corrected chi connectivity index (χ4v) is 4.34. The SMILES string of the molecule is COc1ccc(S(N)(=O)=O)c(OC)c1C(=O)N1CCN(Cc2ccccc2)[C@@H](C#N)C1. The second-order valence-electron chi connectivity index (χ2n) is 7.07. The highest BCUT2D eigenvalue weighted by Crippen LogP contribution is 2.35. The van der Waals surface area contributed by atoms with Crippen molar-refractivity contribution in [3.8, 4) is 17.6 Å². The number of ether oxygens (including phenoxy) is 2. The summed E-state index contributed by atoms with van der Waals surface area (Å²) in [4.78, 5) is 16.6. The van der Waals surface area contributed by atoms with Crippen molar-refractivity contribution in [3.05, 3.63) is 53.6 Å². The van der Waals surface area contributed by atoms with Gasteiger partial charge in [-0.2, -0.15) is 5.26 Å². The van der Waals surface area contributed by atoms with E-state index in [2.05, 4.69) is 6.07 Å². The predicted molar refractivity (Wildman–Crippen MR) is 113 cm³/mol. The second-order valence-corrected chi connectivity index (χ2v) is 8.60. The molecule has 0 saturated carbocycles. The monoisotopic (exact) mass is 444 g/mol. The van der Waals surface area contributed by atoms with Crippen LogP contribution < -0.4 is 14.6 Å². The van der Waals surface area contributed by atoms with Crippen LogP contribution in [0.3, 0.4) is 0 Å². The van der Waals surface area contributed by atoms with Gasteiger partial charge >= 0.3 is 0 Å². The van der Waals surface area contributed by atoms with E-state index in [1.54, 1.807) is 0 Å². The lowest BCUT2D eigenvalue weighted by Gasteiger charge is -2.38. The van der Waals surface area contributed by atoms with Crippen LogP contribution in [0, 0.1) is 11.3 Å². The highest BCUT2D eigenvalue weighted by atomic mass is 32.2. The van der Waals surface area contributed by atoms with Gasteiger partial charge in [-0.15, -0.1) is 0 Å². The molecule has 2 aromatic rings. The van der Waals surface area contributed by atoms with Crippen LogP contribution in [0.5, 0.6) is 11.5 Å². The number of carbonyl (C=O) groups is 1. The molecule has 1 saturated heterocycles. The number of carbonyl (C=O) groups excluding carboxylic acids is 1. The Morgan fingerprint density at radius 2 is 1.87 bits per heavy atom. The molecule has 164 valence electrons. The van der Waals surface area contributed by atoms with Gasteiger partial charge in [0.15, 0.2) is 5.75 Å². The van der Waals surface area contributed by atoms with Gasteiger partial charge in [0.25, 0.3) is 5.91 Å². The zero-order chi connectivity index (χ0) is 22.6. The van der Waals surface area contributed by atoms with Crippen molar-refractivity contribution in [1.29, 1.82) is 5.26 Å². The Kier molecular flexibility index (Phi) is 6.80. The smallest absolute Gasteiger partial charge is 0.261 e. The number of nitriles is 1. The summed E-state index contributed by atoms with van der Waals surface area (Å²) in [5.74, 6) is -0.500. The van der Waals surface area contributed by atoms with Crippen LogP contribution in [-0.2, 0) is 16.6 Å². The number of benzene rings is 2. The molecule has 9 nitrogen and oxygen atoms in total. The molecule has 1 aliphatic rings. The van der Waals surface area contributed by atoms with Gasteiger partial charge < -0.3 is 14.4 Å². The van der Waals surface area contributed by atoms with Gasteiger partial charge in [0.1, 0.15) is 22.3 Å². The third kappa shape index (κ3) is 4.80. The number of methoxy groups -OCH3 is 2. The molecule has 1 atom stereocenters. The van der Waals surface area contributed by atoms with Gasteiger partial charge in [-0.05, 0) is 17.7 Å². The quantitative estimate of drug-likeness (QED) is 0.709. The maximum atomic E-state index is 13.4. The van der Waals surface area contributed by atoms with E-state index in [9.17, 15) is 18.5 Å². The average molecular weight is 445 g/mol. The highest BCUT2D eigenvalue weighted by molar-refractivity contribution is 7.89. The Morgan fingerprint density at radius 1 is 1.16 bits per heavy atom. The summed E-state index contributed by atoms with van der Waals surface area (Å²) in [6.07, 6.45) is 0. The Morgan fingerprint density at radius 3 is 2.45 bits per heavy atom. The van der Waals surface area contributed by atoms with Crippen molar-refractivity contribution in [2.24, 2.45) is 5.14 Å². The number of hydrogen-bond donors (Lipinski definition) is 1. The molecule has 0 bridgehead atoms. The summed E-state index contributed by atoms with van der Waals surface area (Å²) in [5.41, 5.74) is 1.04. The predicted octanol–water partition coefficient (Wildman–Crippen LogP) is 1.20.